The molecule has 16 heavy (non-hydrogen) atoms. The zero-order valence-electron chi connectivity index (χ0n) is 8.73. The quantitative estimate of drug-likeness (QED) is 0.844. The van der Waals surface area contributed by atoms with Gasteiger partial charge < -0.3 is 9.57 Å². The maximum atomic E-state index is 10.9. The minimum atomic E-state index is -0.438. The summed E-state index contributed by atoms with van der Waals surface area (Å²) in [6.45, 7) is 1.32. The van der Waals surface area contributed by atoms with Crippen LogP contribution in [-0.2, 0) is 4.79 Å². The predicted molar refractivity (Wildman–Crippen MR) is 61.2 cm³/mol. The second kappa shape index (κ2) is 4.13. The van der Waals surface area contributed by atoms with Gasteiger partial charge in [0.05, 0.1) is 17.8 Å². The summed E-state index contributed by atoms with van der Waals surface area (Å²) in [4.78, 5) is 17.0. The van der Waals surface area contributed by atoms with Gasteiger partial charge in [0.15, 0.2) is 11.3 Å². The molecule has 84 valence electrons. The zero-order chi connectivity index (χ0) is 11.7. The van der Waals surface area contributed by atoms with Gasteiger partial charge in [-0.05, 0) is 28.1 Å². The topological polar surface area (TPSA) is 53.4 Å². The minimum Gasteiger partial charge on any atom is -0.493 e. The highest BCUT2D eigenvalue weighted by atomic mass is 79.9. The van der Waals surface area contributed by atoms with Crippen LogP contribution in [-0.4, -0.2) is 23.0 Å². The lowest BCUT2D eigenvalue weighted by atomic mass is 10.2. The Balaban J connectivity index is 2.67. The average molecular weight is 285 g/mol. The molecule has 0 aliphatic heterocycles. The molecule has 0 bridgehead atoms. The molecule has 0 N–H and O–H groups in total. The van der Waals surface area contributed by atoms with Crippen molar-refractivity contribution in [3.05, 3.63) is 22.8 Å². The fourth-order valence-electron chi connectivity index (χ4n) is 1.42. The van der Waals surface area contributed by atoms with Crippen molar-refractivity contribution in [2.75, 3.05) is 7.11 Å². The van der Waals surface area contributed by atoms with Crippen LogP contribution in [0.2, 0.25) is 0 Å². The van der Waals surface area contributed by atoms with Gasteiger partial charge in [0.25, 0.3) is 0 Å². The largest absolute Gasteiger partial charge is 0.493 e. The van der Waals surface area contributed by atoms with E-state index >= 15 is 0 Å². The number of benzene rings is 1. The number of ether oxygens (including phenoxy) is 1. The van der Waals surface area contributed by atoms with Crippen LogP contribution in [0.3, 0.4) is 0 Å². The van der Waals surface area contributed by atoms with E-state index < -0.39 is 5.97 Å². The van der Waals surface area contributed by atoms with Crippen molar-refractivity contribution in [2.45, 2.75) is 6.92 Å². The van der Waals surface area contributed by atoms with Crippen LogP contribution >= 0.6 is 15.9 Å². The second-order valence-corrected chi connectivity index (χ2v) is 3.97. The summed E-state index contributed by atoms with van der Waals surface area (Å²) in [6, 6.07) is 3.70. The number of hydrogen-bond donors (Lipinski definition) is 0. The molecule has 0 atom stereocenters. The number of methoxy groups -OCH3 is 1. The first kappa shape index (κ1) is 10.9. The number of halogens is 1. The van der Waals surface area contributed by atoms with Gasteiger partial charge in [-0.15, -0.1) is 5.10 Å². The van der Waals surface area contributed by atoms with Crippen LogP contribution in [0.25, 0.3) is 10.9 Å². The van der Waals surface area contributed by atoms with Crippen LogP contribution in [0.4, 0.5) is 0 Å². The van der Waals surface area contributed by atoms with Crippen LogP contribution in [0.5, 0.6) is 5.75 Å². The molecule has 1 aromatic carbocycles. The summed E-state index contributed by atoms with van der Waals surface area (Å²) in [5.74, 6) is 0.142. The van der Waals surface area contributed by atoms with Gasteiger partial charge >= 0.3 is 5.97 Å². The number of aromatic nitrogens is 2. The summed E-state index contributed by atoms with van der Waals surface area (Å²) in [5, 5.41) is 4.79. The third-order valence-corrected chi connectivity index (χ3v) is 2.65. The molecule has 0 spiro atoms. The molecular weight excluding hydrogens is 276 g/mol. The van der Waals surface area contributed by atoms with Crippen molar-refractivity contribution in [3.8, 4) is 5.75 Å². The van der Waals surface area contributed by atoms with Gasteiger partial charge in [0, 0.05) is 12.3 Å². The number of nitrogens with zero attached hydrogens (tertiary/aromatic N) is 2. The number of carbonyl (C=O) groups is 1. The van der Waals surface area contributed by atoms with Crippen molar-refractivity contribution in [1.82, 2.24) is 9.94 Å². The summed E-state index contributed by atoms with van der Waals surface area (Å²) in [7, 11) is 1.55. The van der Waals surface area contributed by atoms with Crippen molar-refractivity contribution in [2.24, 2.45) is 0 Å². The lowest BCUT2D eigenvalue weighted by Gasteiger charge is -2.07. The zero-order valence-corrected chi connectivity index (χ0v) is 10.3. The first-order chi connectivity index (χ1) is 7.63. The van der Waals surface area contributed by atoms with Gasteiger partial charge in [0.1, 0.15) is 0 Å². The van der Waals surface area contributed by atoms with E-state index in [9.17, 15) is 4.79 Å². The standard InChI is InChI=1S/C10H9BrN2O3/c1-6(14)16-13-9-7(5-12-13)3-4-8(11)10(9)15-2/h3-5H,1-2H3. The van der Waals surface area contributed by atoms with Crippen LogP contribution in [0.15, 0.2) is 22.8 Å². The monoisotopic (exact) mass is 284 g/mol. The first-order valence-corrected chi connectivity index (χ1v) is 5.32. The predicted octanol–water partition coefficient (Wildman–Crippen LogP) is 1.78. The normalized spacial score (nSPS) is 10.4. The Morgan fingerprint density at radius 2 is 2.25 bits per heavy atom. The lowest BCUT2D eigenvalue weighted by Crippen LogP contribution is -2.17. The molecule has 0 unspecified atom stereocenters. The Kier molecular flexibility index (Phi) is 2.82. The molecule has 1 aromatic heterocycles. The fraction of sp³-hybridized carbons (Fsp3) is 0.200. The molecule has 1 heterocycles. The third-order valence-electron chi connectivity index (χ3n) is 2.03. The highest BCUT2D eigenvalue weighted by molar-refractivity contribution is 9.10. The van der Waals surface area contributed by atoms with E-state index in [2.05, 4.69) is 21.0 Å². The number of fused-ring (bicyclic) bond motifs is 1. The summed E-state index contributed by atoms with van der Waals surface area (Å²) in [6.07, 6.45) is 1.60. The molecule has 0 saturated heterocycles. The van der Waals surface area contributed by atoms with E-state index in [1.807, 2.05) is 12.1 Å². The Morgan fingerprint density at radius 1 is 1.50 bits per heavy atom. The van der Waals surface area contributed by atoms with Gasteiger partial charge in [-0.25, -0.2) is 4.79 Å². The molecule has 2 aromatic rings. The van der Waals surface area contributed by atoms with E-state index in [1.165, 1.54) is 6.92 Å². The minimum absolute atomic E-state index is 0.438. The number of hydrogen-bond acceptors (Lipinski definition) is 4. The molecular formula is C10H9BrN2O3. The molecule has 2 rings (SSSR count). The number of carbonyl (C=O) groups excluding carboxylic acids is 1. The van der Waals surface area contributed by atoms with Crippen LogP contribution in [0, 0.1) is 0 Å². The van der Waals surface area contributed by atoms with Crippen LogP contribution in [0.1, 0.15) is 6.92 Å². The fourth-order valence-corrected chi connectivity index (χ4v) is 1.90. The van der Waals surface area contributed by atoms with Crippen molar-refractivity contribution < 1.29 is 14.4 Å². The second-order valence-electron chi connectivity index (χ2n) is 3.12. The molecule has 0 amide bonds. The van der Waals surface area contributed by atoms with E-state index in [1.54, 1.807) is 13.3 Å². The van der Waals surface area contributed by atoms with E-state index in [0.717, 1.165) is 14.7 Å². The highest BCUT2D eigenvalue weighted by Gasteiger charge is 2.13. The van der Waals surface area contributed by atoms with Crippen LogP contribution < -0.4 is 9.57 Å². The maximum absolute atomic E-state index is 10.9. The van der Waals surface area contributed by atoms with Gasteiger partial charge in [-0.1, -0.05) is 4.85 Å². The van der Waals surface area contributed by atoms with E-state index in [0.29, 0.717) is 11.3 Å². The Labute approximate surface area is 100 Å². The highest BCUT2D eigenvalue weighted by Crippen LogP contribution is 2.32. The van der Waals surface area contributed by atoms with Gasteiger partial charge in [-0.2, -0.15) is 0 Å². The van der Waals surface area contributed by atoms with Gasteiger partial charge in [-0.3, -0.25) is 0 Å². The first-order valence-electron chi connectivity index (χ1n) is 4.52. The molecule has 0 aliphatic rings. The van der Waals surface area contributed by atoms with Gasteiger partial charge in [0.2, 0.25) is 0 Å². The maximum Gasteiger partial charge on any atom is 0.331 e. The Hall–Kier alpha value is -1.56. The molecule has 0 aliphatic carbocycles. The van der Waals surface area contributed by atoms with Crippen molar-refractivity contribution >= 4 is 32.8 Å². The lowest BCUT2D eigenvalue weighted by molar-refractivity contribution is -0.142. The van der Waals surface area contributed by atoms with E-state index in [-0.39, 0.29) is 0 Å². The molecule has 0 radical (unpaired) electrons. The third kappa shape index (κ3) is 1.76. The summed E-state index contributed by atoms with van der Waals surface area (Å²) in [5.41, 5.74) is 0.618. The molecule has 0 saturated carbocycles. The molecule has 0 fully saturated rings. The Morgan fingerprint density at radius 3 is 2.88 bits per heavy atom. The smallest absolute Gasteiger partial charge is 0.331 e. The molecule has 5 nitrogen and oxygen atoms in total. The summed E-state index contributed by atoms with van der Waals surface area (Å²) >= 11 is 3.36. The number of rotatable bonds is 2. The summed E-state index contributed by atoms with van der Waals surface area (Å²) < 4.78 is 6.01. The molecule has 6 heteroatoms. The van der Waals surface area contributed by atoms with E-state index in [4.69, 9.17) is 9.57 Å². The SMILES string of the molecule is COc1c(Br)ccc2cnn(OC(C)=O)c12. The average Bonchev–Trinajstić information content (AvgIpc) is 2.61. The Bertz CT molecular complexity index is 550. The van der Waals surface area contributed by atoms with Crippen molar-refractivity contribution in [1.29, 1.82) is 0 Å². The van der Waals surface area contributed by atoms with Crippen molar-refractivity contribution in [3.63, 3.8) is 0 Å².